The van der Waals surface area contributed by atoms with Crippen LogP contribution in [0.5, 0.6) is 0 Å². The molecule has 4 aromatic rings. The molecule has 8 nitrogen and oxygen atoms in total. The van der Waals surface area contributed by atoms with Crippen molar-refractivity contribution in [1.29, 1.82) is 0 Å². The molecule has 1 saturated heterocycles. The van der Waals surface area contributed by atoms with Crippen molar-refractivity contribution in [2.45, 2.75) is 38.3 Å². The summed E-state index contributed by atoms with van der Waals surface area (Å²) in [6.07, 6.45) is 5.60. The maximum absolute atomic E-state index is 13.4. The quantitative estimate of drug-likeness (QED) is 0.473. The van der Waals surface area contributed by atoms with Crippen molar-refractivity contribution in [1.82, 2.24) is 19.7 Å². The first-order valence-electron chi connectivity index (χ1n) is 12.2. The van der Waals surface area contributed by atoms with E-state index in [1.165, 1.54) is 10.6 Å². The van der Waals surface area contributed by atoms with Gasteiger partial charge in [-0.15, -0.1) is 0 Å². The van der Waals surface area contributed by atoms with Gasteiger partial charge in [0, 0.05) is 42.7 Å². The van der Waals surface area contributed by atoms with Gasteiger partial charge >= 0.3 is 0 Å². The molecule has 2 amide bonds. The van der Waals surface area contributed by atoms with E-state index in [-0.39, 0.29) is 41.8 Å². The zero-order valence-corrected chi connectivity index (χ0v) is 20.2. The highest BCUT2D eigenvalue weighted by Gasteiger charge is 2.44. The summed E-state index contributed by atoms with van der Waals surface area (Å²) in [5.41, 5.74) is 4.44. The summed E-state index contributed by atoms with van der Waals surface area (Å²) in [5, 5.41) is 8.59. The molecule has 1 N–H and O–H groups in total. The molecule has 6 rings (SSSR count). The number of rotatable bonds is 5. The lowest BCUT2D eigenvalue weighted by atomic mass is 9.95. The Morgan fingerprint density at radius 1 is 1.03 bits per heavy atom. The monoisotopic (exact) mass is 481 g/mol. The lowest BCUT2D eigenvalue weighted by molar-refractivity contribution is -0.123. The van der Waals surface area contributed by atoms with Crippen LogP contribution in [0.15, 0.2) is 71.8 Å². The summed E-state index contributed by atoms with van der Waals surface area (Å²) in [6, 6.07) is 16.5. The Morgan fingerprint density at radius 3 is 2.56 bits per heavy atom. The minimum atomic E-state index is -0.296. The number of amides is 2. The van der Waals surface area contributed by atoms with E-state index in [4.69, 9.17) is 0 Å². The van der Waals surface area contributed by atoms with Crippen molar-refractivity contribution < 1.29 is 9.59 Å². The Bertz CT molecular complexity index is 1560. The average molecular weight is 482 g/mol. The predicted molar refractivity (Wildman–Crippen MR) is 137 cm³/mol. The van der Waals surface area contributed by atoms with E-state index >= 15 is 0 Å². The zero-order valence-electron chi connectivity index (χ0n) is 20.2. The number of pyridine rings is 1. The Morgan fingerprint density at radius 2 is 1.81 bits per heavy atom. The van der Waals surface area contributed by atoms with Crippen LogP contribution in [0.1, 0.15) is 36.4 Å². The van der Waals surface area contributed by atoms with E-state index in [0.29, 0.717) is 0 Å². The molecule has 2 atom stereocenters. The van der Waals surface area contributed by atoms with Crippen LogP contribution in [0.25, 0.3) is 16.6 Å². The molecule has 1 saturated carbocycles. The molecule has 2 aliphatic rings. The third-order valence-electron chi connectivity index (χ3n) is 7.25. The molecule has 2 aromatic heterocycles. The largest absolute Gasteiger partial charge is 0.350 e. The first-order valence-corrected chi connectivity index (χ1v) is 12.2. The Balaban J connectivity index is 1.40. The van der Waals surface area contributed by atoms with Gasteiger partial charge in [0.05, 0.1) is 29.5 Å². The highest BCUT2D eigenvalue weighted by atomic mass is 16.2. The van der Waals surface area contributed by atoms with Crippen molar-refractivity contribution >= 4 is 28.4 Å². The molecule has 0 spiro atoms. The van der Waals surface area contributed by atoms with Crippen LogP contribution >= 0.6 is 0 Å². The second kappa shape index (κ2) is 8.48. The van der Waals surface area contributed by atoms with Crippen molar-refractivity contribution in [3.05, 3.63) is 88.5 Å². The van der Waals surface area contributed by atoms with E-state index in [1.807, 2.05) is 54.3 Å². The van der Waals surface area contributed by atoms with Gasteiger partial charge < -0.3 is 14.8 Å². The fourth-order valence-electron chi connectivity index (χ4n) is 5.17. The number of anilines is 1. The molecule has 2 fully saturated rings. The standard InChI is InChI=1S/C28H27N5O3/c1-17-5-3-4-6-22(17)27-23(30-28(36)18-7-8-18)14-26(35)32(27)20-9-11-24-19(13-20)15-29-33(24)21-10-12-25(34)31(2)16-21/h3-6,9-13,15-16,18,23,27H,7-8,14H2,1-2H3,(H,30,36)/t23-,27+/m0/s1. The van der Waals surface area contributed by atoms with E-state index < -0.39 is 0 Å². The van der Waals surface area contributed by atoms with Gasteiger partial charge in [-0.1, -0.05) is 24.3 Å². The molecule has 1 aliphatic heterocycles. The van der Waals surface area contributed by atoms with Gasteiger partial charge in [-0.2, -0.15) is 5.10 Å². The summed E-state index contributed by atoms with van der Waals surface area (Å²) < 4.78 is 3.30. The average Bonchev–Trinajstić information content (AvgIpc) is 3.56. The molecule has 0 unspecified atom stereocenters. The lowest BCUT2D eigenvalue weighted by Crippen LogP contribution is -2.40. The van der Waals surface area contributed by atoms with Gasteiger partial charge in [0.25, 0.3) is 0 Å². The minimum Gasteiger partial charge on any atom is -0.350 e. The number of carbonyl (C=O) groups excluding carboxylic acids is 2. The molecule has 2 aromatic carbocycles. The van der Waals surface area contributed by atoms with Gasteiger partial charge in [0.1, 0.15) is 0 Å². The molecule has 0 radical (unpaired) electrons. The van der Waals surface area contributed by atoms with Crippen LogP contribution in [0.3, 0.4) is 0 Å². The number of hydrogen-bond acceptors (Lipinski definition) is 4. The Hall–Kier alpha value is -4.20. The van der Waals surface area contributed by atoms with Crippen LogP contribution < -0.4 is 15.8 Å². The number of hydrogen-bond donors (Lipinski definition) is 1. The van der Waals surface area contributed by atoms with Crippen LogP contribution in [-0.2, 0) is 16.6 Å². The summed E-state index contributed by atoms with van der Waals surface area (Å²) in [4.78, 5) is 39.7. The van der Waals surface area contributed by atoms with E-state index in [9.17, 15) is 14.4 Å². The number of benzene rings is 2. The Labute approximate surface area is 208 Å². The summed E-state index contributed by atoms with van der Waals surface area (Å²) in [6.45, 7) is 2.04. The smallest absolute Gasteiger partial charge is 0.250 e. The number of nitrogens with zero attached hydrogens (tertiary/aromatic N) is 4. The van der Waals surface area contributed by atoms with Crippen LogP contribution in [-0.4, -0.2) is 32.2 Å². The van der Waals surface area contributed by atoms with Gasteiger partial charge in [-0.05, 0) is 55.2 Å². The summed E-state index contributed by atoms with van der Waals surface area (Å²) in [5.74, 6) is 0.0997. The van der Waals surface area contributed by atoms with Gasteiger partial charge in [0.15, 0.2) is 0 Å². The normalized spacial score (nSPS) is 19.7. The fraction of sp³-hybridized carbons (Fsp3) is 0.286. The fourth-order valence-corrected chi connectivity index (χ4v) is 5.17. The van der Waals surface area contributed by atoms with Crippen molar-refractivity contribution in [2.75, 3.05) is 4.90 Å². The first-order chi connectivity index (χ1) is 17.4. The number of fused-ring (bicyclic) bond motifs is 1. The maximum Gasteiger partial charge on any atom is 0.250 e. The molecule has 0 bridgehead atoms. The van der Waals surface area contributed by atoms with Crippen molar-refractivity contribution in [3.63, 3.8) is 0 Å². The SMILES string of the molecule is Cc1ccccc1[C@@H]1[C@@H](NC(=O)C2CC2)CC(=O)N1c1ccc2c(cnn2-c2ccc(=O)n(C)c2)c1. The second-order valence-corrected chi connectivity index (χ2v) is 9.79. The third-order valence-corrected chi connectivity index (χ3v) is 7.25. The van der Waals surface area contributed by atoms with Crippen molar-refractivity contribution in [3.8, 4) is 5.69 Å². The van der Waals surface area contributed by atoms with Crippen molar-refractivity contribution in [2.24, 2.45) is 13.0 Å². The Kier molecular flexibility index (Phi) is 5.25. The topological polar surface area (TPSA) is 89.2 Å². The molecule has 1 aliphatic carbocycles. The summed E-state index contributed by atoms with van der Waals surface area (Å²) in [7, 11) is 1.71. The molecular weight excluding hydrogens is 454 g/mol. The van der Waals surface area contributed by atoms with Gasteiger partial charge in [-0.25, -0.2) is 4.68 Å². The molecule has 3 heterocycles. The number of aromatic nitrogens is 3. The zero-order chi connectivity index (χ0) is 25.0. The number of nitrogens with one attached hydrogen (secondary N) is 1. The lowest BCUT2D eigenvalue weighted by Gasteiger charge is -2.30. The highest BCUT2D eigenvalue weighted by molar-refractivity contribution is 6.00. The van der Waals surface area contributed by atoms with Gasteiger partial charge in [-0.3, -0.25) is 14.4 Å². The van der Waals surface area contributed by atoms with Crippen LogP contribution in [0.2, 0.25) is 0 Å². The predicted octanol–water partition coefficient (Wildman–Crippen LogP) is 3.41. The van der Waals surface area contributed by atoms with Crippen LogP contribution in [0, 0.1) is 12.8 Å². The number of carbonyl (C=O) groups is 2. The number of aryl methyl sites for hydroxylation is 2. The summed E-state index contributed by atoms with van der Waals surface area (Å²) >= 11 is 0. The molecule has 182 valence electrons. The molecular formula is C28H27N5O3. The van der Waals surface area contributed by atoms with E-state index in [1.54, 1.807) is 30.2 Å². The highest BCUT2D eigenvalue weighted by Crippen LogP contribution is 2.40. The van der Waals surface area contributed by atoms with Crippen LogP contribution in [0.4, 0.5) is 5.69 Å². The minimum absolute atomic E-state index is 0.0193. The first kappa shape index (κ1) is 22.3. The second-order valence-electron chi connectivity index (χ2n) is 9.79. The molecule has 36 heavy (non-hydrogen) atoms. The molecule has 8 heteroatoms. The third kappa shape index (κ3) is 3.79. The maximum atomic E-state index is 13.4. The van der Waals surface area contributed by atoms with Gasteiger partial charge in [0.2, 0.25) is 17.4 Å². The van der Waals surface area contributed by atoms with E-state index in [0.717, 1.165) is 46.2 Å². The van der Waals surface area contributed by atoms with E-state index in [2.05, 4.69) is 10.4 Å².